The molecule has 0 aromatic heterocycles. The minimum Gasteiger partial charge on any atom is -0.426 e. The highest BCUT2D eigenvalue weighted by Gasteiger charge is 2.10. The lowest BCUT2D eigenvalue weighted by molar-refractivity contribution is -0.133. The van der Waals surface area contributed by atoms with Gasteiger partial charge in [-0.3, -0.25) is 4.79 Å². The maximum absolute atomic E-state index is 11.7. The molecule has 1 aromatic carbocycles. The topological polar surface area (TPSA) is 38.3 Å². The van der Waals surface area contributed by atoms with Crippen molar-refractivity contribution in [3.05, 3.63) is 40.4 Å². The Kier molecular flexibility index (Phi) is 4.34. The first-order chi connectivity index (χ1) is 8.24. The fourth-order valence-corrected chi connectivity index (χ4v) is 1.95. The number of rotatable bonds is 3. The number of benzene rings is 1. The number of carbonyl (C=O) groups excluding carboxylic acids is 1. The van der Waals surface area contributed by atoms with E-state index in [1.54, 1.807) is 12.1 Å². The maximum atomic E-state index is 11.7. The van der Waals surface area contributed by atoms with Gasteiger partial charge in [0.05, 0.1) is 6.42 Å². The fraction of sp³-hybridized carbons (Fsp3) is 0.308. The molecule has 0 fully saturated rings. The lowest BCUT2D eigenvalue weighted by Crippen LogP contribution is -2.24. The van der Waals surface area contributed by atoms with Crippen molar-refractivity contribution in [2.24, 2.45) is 0 Å². The molecule has 1 aliphatic heterocycles. The van der Waals surface area contributed by atoms with Crippen molar-refractivity contribution in [1.29, 1.82) is 0 Å². The number of nitrogens with one attached hydrogen (secondary N) is 1. The van der Waals surface area contributed by atoms with Crippen LogP contribution < -0.4 is 10.1 Å². The van der Waals surface area contributed by atoms with Crippen molar-refractivity contribution < 1.29 is 9.53 Å². The highest BCUT2D eigenvalue weighted by Crippen LogP contribution is 2.17. The highest BCUT2D eigenvalue weighted by molar-refractivity contribution is 9.10. The van der Waals surface area contributed by atoms with Gasteiger partial charge in [-0.1, -0.05) is 22.0 Å². The fourth-order valence-electron chi connectivity index (χ4n) is 1.69. The first kappa shape index (κ1) is 12.3. The van der Waals surface area contributed by atoms with Crippen LogP contribution in [0.1, 0.15) is 12.8 Å². The minimum absolute atomic E-state index is 0.206. The van der Waals surface area contributed by atoms with Gasteiger partial charge in [0.15, 0.2) is 0 Å². The molecule has 0 unspecified atom stereocenters. The van der Waals surface area contributed by atoms with Gasteiger partial charge in [0.1, 0.15) is 5.75 Å². The van der Waals surface area contributed by atoms with E-state index in [0.717, 1.165) is 29.6 Å². The Morgan fingerprint density at radius 2 is 2.12 bits per heavy atom. The van der Waals surface area contributed by atoms with Crippen LogP contribution in [0, 0.1) is 0 Å². The Balaban J connectivity index is 1.88. The smallest absolute Gasteiger partial charge is 0.315 e. The van der Waals surface area contributed by atoms with Crippen LogP contribution in [0.2, 0.25) is 0 Å². The van der Waals surface area contributed by atoms with Crippen LogP contribution in [-0.4, -0.2) is 19.1 Å². The molecule has 0 aliphatic carbocycles. The van der Waals surface area contributed by atoms with Gasteiger partial charge in [0.25, 0.3) is 0 Å². The second-order valence-corrected chi connectivity index (χ2v) is 4.85. The van der Waals surface area contributed by atoms with E-state index in [1.807, 2.05) is 12.1 Å². The summed E-state index contributed by atoms with van der Waals surface area (Å²) in [5.74, 6) is 0.379. The Hall–Kier alpha value is -1.13. The van der Waals surface area contributed by atoms with Crippen LogP contribution in [0.3, 0.4) is 0 Å². The average molecular weight is 296 g/mol. The van der Waals surface area contributed by atoms with Gasteiger partial charge in [0, 0.05) is 11.0 Å². The number of hydrogen-bond donors (Lipinski definition) is 1. The Morgan fingerprint density at radius 1 is 1.35 bits per heavy atom. The zero-order valence-electron chi connectivity index (χ0n) is 9.41. The monoisotopic (exact) mass is 295 g/mol. The van der Waals surface area contributed by atoms with Gasteiger partial charge in [0.2, 0.25) is 0 Å². The molecule has 1 aromatic rings. The molecule has 17 heavy (non-hydrogen) atoms. The summed E-state index contributed by atoms with van der Waals surface area (Å²) >= 11 is 3.33. The molecule has 0 amide bonds. The molecule has 0 saturated carbocycles. The van der Waals surface area contributed by atoms with Gasteiger partial charge in [-0.25, -0.2) is 0 Å². The molecule has 1 aliphatic rings. The molecule has 2 rings (SSSR count). The first-order valence-electron chi connectivity index (χ1n) is 5.59. The summed E-state index contributed by atoms with van der Waals surface area (Å²) in [6.07, 6.45) is 3.46. The highest BCUT2D eigenvalue weighted by atomic mass is 79.9. The molecule has 0 atom stereocenters. The predicted octanol–water partition coefficient (Wildman–Crippen LogP) is 2.66. The van der Waals surface area contributed by atoms with Gasteiger partial charge >= 0.3 is 5.97 Å². The van der Waals surface area contributed by atoms with Crippen LogP contribution in [-0.2, 0) is 4.79 Å². The number of carbonyl (C=O) groups is 1. The molecule has 1 heterocycles. The molecule has 0 saturated heterocycles. The van der Waals surface area contributed by atoms with E-state index < -0.39 is 0 Å². The Bertz CT molecular complexity index is 426. The molecular formula is C13H14BrNO2. The maximum Gasteiger partial charge on any atom is 0.315 e. The van der Waals surface area contributed by atoms with E-state index in [4.69, 9.17) is 4.74 Å². The van der Waals surface area contributed by atoms with E-state index in [2.05, 4.69) is 27.3 Å². The van der Waals surface area contributed by atoms with Crippen molar-refractivity contribution in [2.45, 2.75) is 12.8 Å². The summed E-state index contributed by atoms with van der Waals surface area (Å²) in [4.78, 5) is 11.7. The van der Waals surface area contributed by atoms with Crippen LogP contribution in [0.25, 0.3) is 0 Å². The summed E-state index contributed by atoms with van der Waals surface area (Å²) < 4.78 is 6.21. The van der Waals surface area contributed by atoms with E-state index in [9.17, 15) is 4.79 Å². The van der Waals surface area contributed by atoms with Gasteiger partial charge in [-0.05, 0) is 42.8 Å². The third kappa shape index (κ3) is 3.98. The molecular weight excluding hydrogens is 282 g/mol. The van der Waals surface area contributed by atoms with E-state index in [-0.39, 0.29) is 5.97 Å². The number of hydrogen-bond acceptors (Lipinski definition) is 3. The van der Waals surface area contributed by atoms with E-state index in [0.29, 0.717) is 12.2 Å². The molecule has 4 heteroatoms. The van der Waals surface area contributed by atoms with Crippen molar-refractivity contribution in [2.75, 3.05) is 13.1 Å². The molecule has 0 spiro atoms. The largest absolute Gasteiger partial charge is 0.426 e. The van der Waals surface area contributed by atoms with Crippen molar-refractivity contribution in [3.63, 3.8) is 0 Å². The molecule has 0 radical (unpaired) electrons. The Morgan fingerprint density at radius 3 is 2.76 bits per heavy atom. The minimum atomic E-state index is -0.206. The van der Waals surface area contributed by atoms with Crippen molar-refractivity contribution in [1.82, 2.24) is 5.32 Å². The molecule has 0 bridgehead atoms. The van der Waals surface area contributed by atoms with Crippen molar-refractivity contribution >= 4 is 21.9 Å². The van der Waals surface area contributed by atoms with E-state index >= 15 is 0 Å². The predicted molar refractivity (Wildman–Crippen MR) is 70.0 cm³/mol. The summed E-state index contributed by atoms with van der Waals surface area (Å²) in [6, 6.07) is 7.25. The number of halogens is 1. The molecule has 1 N–H and O–H groups in total. The van der Waals surface area contributed by atoms with Gasteiger partial charge < -0.3 is 10.1 Å². The van der Waals surface area contributed by atoms with Crippen LogP contribution in [0.5, 0.6) is 5.75 Å². The lowest BCUT2D eigenvalue weighted by Gasteiger charge is -2.13. The lowest BCUT2D eigenvalue weighted by atomic mass is 10.1. The standard InChI is InChI=1S/C13H14BrNO2/c14-11-3-5-12(6-4-11)17-13(16)8-10-2-1-7-15-9-10/h2-6,15H,1,7-9H2. The van der Waals surface area contributed by atoms with E-state index in [1.165, 1.54) is 0 Å². The summed E-state index contributed by atoms with van der Waals surface area (Å²) in [5, 5.41) is 3.23. The second kappa shape index (κ2) is 5.98. The zero-order valence-corrected chi connectivity index (χ0v) is 11.0. The number of ether oxygens (including phenoxy) is 1. The SMILES string of the molecule is O=C(CC1=CCCNC1)Oc1ccc(Br)cc1. The molecule has 90 valence electrons. The summed E-state index contributed by atoms with van der Waals surface area (Å²) in [7, 11) is 0. The zero-order chi connectivity index (χ0) is 12.1. The summed E-state index contributed by atoms with van der Waals surface area (Å²) in [6.45, 7) is 1.78. The van der Waals surface area contributed by atoms with Gasteiger partial charge in [-0.2, -0.15) is 0 Å². The quantitative estimate of drug-likeness (QED) is 0.529. The number of esters is 1. The Labute approximate surface area is 109 Å². The van der Waals surface area contributed by atoms with Crippen LogP contribution in [0.15, 0.2) is 40.4 Å². The third-order valence-electron chi connectivity index (χ3n) is 2.52. The first-order valence-corrected chi connectivity index (χ1v) is 6.38. The van der Waals surface area contributed by atoms with Crippen LogP contribution >= 0.6 is 15.9 Å². The normalized spacial score (nSPS) is 15.2. The average Bonchev–Trinajstić information content (AvgIpc) is 2.33. The molecule has 3 nitrogen and oxygen atoms in total. The summed E-state index contributed by atoms with van der Waals surface area (Å²) in [5.41, 5.74) is 1.11. The third-order valence-corrected chi connectivity index (χ3v) is 3.05. The second-order valence-electron chi connectivity index (χ2n) is 3.93. The van der Waals surface area contributed by atoms with Gasteiger partial charge in [-0.15, -0.1) is 0 Å². The van der Waals surface area contributed by atoms with Crippen LogP contribution in [0.4, 0.5) is 0 Å². The van der Waals surface area contributed by atoms with Crippen molar-refractivity contribution in [3.8, 4) is 5.75 Å².